The minimum Gasteiger partial charge on any atom is -0.0617 e. The Morgan fingerprint density at radius 1 is 0.818 bits per heavy atom. The van der Waals surface area contributed by atoms with Crippen molar-refractivity contribution >= 4 is 0 Å². The molecule has 0 fully saturated rings. The molecule has 1 aliphatic carbocycles. The van der Waals surface area contributed by atoms with Crippen molar-refractivity contribution in [2.75, 3.05) is 0 Å². The van der Waals surface area contributed by atoms with Gasteiger partial charge in [-0.15, -0.1) is 0 Å². The van der Waals surface area contributed by atoms with Crippen LogP contribution in [0, 0.1) is 0 Å². The maximum absolute atomic E-state index is 2.46. The molecule has 116 valence electrons. The highest BCUT2D eigenvalue weighted by Gasteiger charge is 2.29. The first kappa shape index (κ1) is 15.3. The van der Waals surface area contributed by atoms with Crippen LogP contribution in [0.3, 0.4) is 0 Å². The molecule has 0 saturated heterocycles. The van der Waals surface area contributed by atoms with Gasteiger partial charge in [0.1, 0.15) is 0 Å². The third kappa shape index (κ3) is 2.72. The van der Waals surface area contributed by atoms with Crippen molar-refractivity contribution < 1.29 is 0 Å². The van der Waals surface area contributed by atoms with E-state index < -0.39 is 0 Å². The average Bonchev–Trinajstić information content (AvgIpc) is 2.84. The highest BCUT2D eigenvalue weighted by atomic mass is 14.3. The van der Waals surface area contributed by atoms with Crippen LogP contribution >= 0.6 is 0 Å². The third-order valence-electron chi connectivity index (χ3n) is 5.25. The maximum Gasteiger partial charge on any atom is 0.00979 e. The Hall–Kier alpha value is -1.56. The van der Waals surface area contributed by atoms with Crippen molar-refractivity contribution in [3.63, 3.8) is 0 Å². The van der Waals surface area contributed by atoms with Crippen LogP contribution in [0.2, 0.25) is 0 Å². The number of hydrogen-bond donors (Lipinski definition) is 0. The summed E-state index contributed by atoms with van der Waals surface area (Å²) in [5.41, 5.74) is 7.55. The van der Waals surface area contributed by atoms with Gasteiger partial charge in [-0.2, -0.15) is 0 Å². The molecule has 2 atom stereocenters. The van der Waals surface area contributed by atoms with Crippen LogP contribution in [-0.2, 0) is 0 Å². The van der Waals surface area contributed by atoms with Gasteiger partial charge >= 0.3 is 0 Å². The van der Waals surface area contributed by atoms with Gasteiger partial charge in [-0.25, -0.2) is 0 Å². The van der Waals surface area contributed by atoms with Gasteiger partial charge in [0.2, 0.25) is 0 Å². The highest BCUT2D eigenvalue weighted by molar-refractivity contribution is 5.47. The molecular weight excluding hydrogens is 264 g/mol. The van der Waals surface area contributed by atoms with Crippen LogP contribution in [0.15, 0.2) is 42.5 Å². The van der Waals surface area contributed by atoms with Gasteiger partial charge in [0.05, 0.1) is 0 Å². The number of hydrogen-bond acceptors (Lipinski definition) is 0. The molecule has 22 heavy (non-hydrogen) atoms. The molecule has 0 aliphatic heterocycles. The van der Waals surface area contributed by atoms with E-state index in [2.05, 4.69) is 77.1 Å². The Balaban J connectivity index is 2.01. The van der Waals surface area contributed by atoms with E-state index in [0.717, 1.165) is 0 Å². The first-order valence-electron chi connectivity index (χ1n) is 8.71. The van der Waals surface area contributed by atoms with Crippen LogP contribution in [0.1, 0.15) is 92.5 Å². The zero-order valence-electron chi connectivity index (χ0n) is 14.6. The molecule has 0 heterocycles. The minimum atomic E-state index is 0.574. The molecule has 0 spiro atoms. The third-order valence-corrected chi connectivity index (χ3v) is 5.25. The summed E-state index contributed by atoms with van der Waals surface area (Å²) in [5, 5.41) is 0. The molecule has 1 aliphatic rings. The van der Waals surface area contributed by atoms with E-state index in [9.17, 15) is 0 Å². The molecule has 0 heteroatoms. The van der Waals surface area contributed by atoms with E-state index >= 15 is 0 Å². The minimum absolute atomic E-state index is 0.574. The lowest BCUT2D eigenvalue weighted by Gasteiger charge is -2.16. The number of fused-ring (bicyclic) bond motifs is 1. The molecule has 0 aromatic heterocycles. The molecule has 2 unspecified atom stereocenters. The molecule has 2 aromatic carbocycles. The van der Waals surface area contributed by atoms with Crippen molar-refractivity contribution in [3.8, 4) is 0 Å². The average molecular weight is 292 g/mol. The predicted octanol–water partition coefficient (Wildman–Crippen LogP) is 6.57. The van der Waals surface area contributed by atoms with E-state index in [1.807, 2.05) is 0 Å². The zero-order valence-corrected chi connectivity index (χ0v) is 14.6. The van der Waals surface area contributed by atoms with Crippen LogP contribution in [0.25, 0.3) is 0 Å². The smallest absolute Gasteiger partial charge is 0.00979 e. The van der Waals surface area contributed by atoms with Gasteiger partial charge in [-0.1, -0.05) is 77.1 Å². The van der Waals surface area contributed by atoms with E-state index in [4.69, 9.17) is 0 Å². The summed E-state index contributed by atoms with van der Waals surface area (Å²) >= 11 is 0. The SMILES string of the molecule is CC(C)c1cccc(C2CC(C)c3cc(C(C)C)ccc32)c1. The Morgan fingerprint density at radius 2 is 1.50 bits per heavy atom. The van der Waals surface area contributed by atoms with Gasteiger partial charge in [-0.05, 0) is 52.0 Å². The Bertz CT molecular complexity index is 663. The topological polar surface area (TPSA) is 0 Å². The van der Waals surface area contributed by atoms with E-state index in [1.165, 1.54) is 23.1 Å². The van der Waals surface area contributed by atoms with Gasteiger partial charge in [-0.3, -0.25) is 0 Å². The summed E-state index contributed by atoms with van der Waals surface area (Å²) in [4.78, 5) is 0. The molecule has 0 amide bonds. The summed E-state index contributed by atoms with van der Waals surface area (Å²) in [7, 11) is 0. The maximum atomic E-state index is 2.46. The number of rotatable bonds is 3. The summed E-state index contributed by atoms with van der Waals surface area (Å²) in [6.07, 6.45) is 1.25. The monoisotopic (exact) mass is 292 g/mol. The Labute approximate surface area is 135 Å². The molecule has 0 radical (unpaired) electrons. The first-order valence-corrected chi connectivity index (χ1v) is 8.71. The Kier molecular flexibility index (Phi) is 4.12. The predicted molar refractivity (Wildman–Crippen MR) is 95.9 cm³/mol. The van der Waals surface area contributed by atoms with Gasteiger partial charge < -0.3 is 0 Å². The first-order chi connectivity index (χ1) is 10.5. The van der Waals surface area contributed by atoms with Crippen molar-refractivity contribution in [2.45, 2.75) is 64.7 Å². The van der Waals surface area contributed by atoms with E-state index in [-0.39, 0.29) is 0 Å². The van der Waals surface area contributed by atoms with E-state index in [1.54, 1.807) is 11.1 Å². The second kappa shape index (κ2) is 5.91. The normalized spacial score (nSPS) is 20.7. The molecular formula is C22H28. The molecule has 2 aromatic rings. The second-order valence-corrected chi connectivity index (χ2v) is 7.56. The quantitative estimate of drug-likeness (QED) is 0.600. The van der Waals surface area contributed by atoms with Crippen molar-refractivity contribution in [3.05, 3.63) is 70.3 Å². The van der Waals surface area contributed by atoms with Crippen LogP contribution in [0.4, 0.5) is 0 Å². The van der Waals surface area contributed by atoms with E-state index in [0.29, 0.717) is 23.7 Å². The lowest BCUT2D eigenvalue weighted by molar-refractivity contribution is 0.684. The second-order valence-electron chi connectivity index (χ2n) is 7.56. The fourth-order valence-corrected chi connectivity index (χ4v) is 3.75. The fraction of sp³-hybridized carbons (Fsp3) is 0.455. The highest BCUT2D eigenvalue weighted by Crippen LogP contribution is 2.46. The number of benzene rings is 2. The fourth-order valence-electron chi connectivity index (χ4n) is 3.75. The van der Waals surface area contributed by atoms with Crippen molar-refractivity contribution in [2.24, 2.45) is 0 Å². The summed E-state index contributed by atoms with van der Waals surface area (Å²) < 4.78 is 0. The van der Waals surface area contributed by atoms with Gasteiger partial charge in [0, 0.05) is 5.92 Å². The molecule has 0 nitrogen and oxygen atoms in total. The largest absolute Gasteiger partial charge is 0.0617 e. The van der Waals surface area contributed by atoms with Crippen molar-refractivity contribution in [1.82, 2.24) is 0 Å². The lowest BCUT2D eigenvalue weighted by atomic mass is 9.89. The summed E-state index contributed by atoms with van der Waals surface area (Å²) in [5.74, 6) is 2.45. The zero-order chi connectivity index (χ0) is 15.9. The van der Waals surface area contributed by atoms with Crippen LogP contribution in [-0.4, -0.2) is 0 Å². The summed E-state index contributed by atoms with van der Waals surface area (Å²) in [6, 6.07) is 16.4. The summed E-state index contributed by atoms with van der Waals surface area (Å²) in [6.45, 7) is 11.5. The van der Waals surface area contributed by atoms with Crippen LogP contribution < -0.4 is 0 Å². The van der Waals surface area contributed by atoms with Gasteiger partial charge in [0.15, 0.2) is 0 Å². The standard InChI is InChI=1S/C22H28/c1-14(2)17-7-6-8-19(12-17)22-11-16(5)21-13-18(15(3)4)9-10-20(21)22/h6-10,12-16,22H,11H2,1-5H3. The Morgan fingerprint density at radius 3 is 2.18 bits per heavy atom. The molecule has 0 saturated carbocycles. The van der Waals surface area contributed by atoms with Crippen molar-refractivity contribution in [1.29, 1.82) is 0 Å². The van der Waals surface area contributed by atoms with Gasteiger partial charge in [0.25, 0.3) is 0 Å². The molecule has 0 bridgehead atoms. The molecule has 3 rings (SSSR count). The molecule has 0 N–H and O–H groups in total. The lowest BCUT2D eigenvalue weighted by Crippen LogP contribution is -1.99. The van der Waals surface area contributed by atoms with Crippen LogP contribution in [0.5, 0.6) is 0 Å².